The van der Waals surface area contributed by atoms with Crippen molar-refractivity contribution < 1.29 is 14.7 Å². The summed E-state index contributed by atoms with van der Waals surface area (Å²) in [6.45, 7) is 4.01. The van der Waals surface area contributed by atoms with Crippen LogP contribution in [0.4, 0.5) is 0 Å². The van der Waals surface area contributed by atoms with E-state index in [-0.39, 0.29) is 21.8 Å². The standard InChI is InChI=1S/C14H16N4O3S/c1-3-18-12(19)11(5-4-10-8(2)16-7-17-10)22-13(18)9(6-15)14(20)21/h7,11H,3-5H2,1-2H3,(H,16,17)(H,20,21). The van der Waals surface area contributed by atoms with E-state index in [0.717, 1.165) is 23.1 Å². The first-order valence-electron chi connectivity index (χ1n) is 6.84. The zero-order chi connectivity index (χ0) is 16.3. The van der Waals surface area contributed by atoms with Gasteiger partial charge in [-0.25, -0.2) is 9.78 Å². The molecule has 116 valence electrons. The molecule has 1 saturated heterocycles. The Morgan fingerprint density at radius 3 is 2.86 bits per heavy atom. The van der Waals surface area contributed by atoms with Crippen molar-refractivity contribution in [3.63, 3.8) is 0 Å². The summed E-state index contributed by atoms with van der Waals surface area (Å²) in [5.74, 6) is -1.45. The first kappa shape index (κ1) is 16.1. The fraction of sp³-hybridized carbons (Fsp3) is 0.429. The van der Waals surface area contributed by atoms with Gasteiger partial charge in [0.2, 0.25) is 5.91 Å². The van der Waals surface area contributed by atoms with Crippen LogP contribution in [0.25, 0.3) is 0 Å². The van der Waals surface area contributed by atoms with Gasteiger partial charge < -0.3 is 15.0 Å². The summed E-state index contributed by atoms with van der Waals surface area (Å²) < 4.78 is 0. The predicted octanol–water partition coefficient (Wildman–Crippen LogP) is 1.43. The molecule has 0 aliphatic carbocycles. The maximum Gasteiger partial charge on any atom is 0.349 e. The molecule has 0 aromatic carbocycles. The minimum absolute atomic E-state index is 0.148. The average Bonchev–Trinajstić information content (AvgIpc) is 3.01. The number of aryl methyl sites for hydroxylation is 2. The SMILES string of the molecule is CCN1C(=O)C(CCc2nc[nH]c2C)SC1=C(C#N)C(=O)O. The van der Waals surface area contributed by atoms with Gasteiger partial charge in [-0.3, -0.25) is 4.79 Å². The normalized spacial score (nSPS) is 20.1. The zero-order valence-corrected chi connectivity index (χ0v) is 13.1. The Labute approximate surface area is 132 Å². The van der Waals surface area contributed by atoms with Gasteiger partial charge in [0, 0.05) is 12.2 Å². The second kappa shape index (κ2) is 6.66. The molecule has 1 fully saturated rings. The van der Waals surface area contributed by atoms with Crippen molar-refractivity contribution in [1.29, 1.82) is 5.26 Å². The minimum Gasteiger partial charge on any atom is -0.477 e. The van der Waals surface area contributed by atoms with Gasteiger partial charge in [-0.2, -0.15) is 5.26 Å². The summed E-state index contributed by atoms with van der Waals surface area (Å²) in [6.07, 6.45) is 2.78. The Morgan fingerprint density at radius 2 is 2.36 bits per heavy atom. The number of nitrogens with zero attached hydrogens (tertiary/aromatic N) is 3. The Kier molecular flexibility index (Phi) is 4.88. The van der Waals surface area contributed by atoms with Gasteiger partial charge in [-0.05, 0) is 26.7 Å². The molecule has 2 N–H and O–H groups in total. The number of carboxylic acid groups (broad SMARTS) is 1. The van der Waals surface area contributed by atoms with Gasteiger partial charge in [-0.15, -0.1) is 0 Å². The molecular weight excluding hydrogens is 304 g/mol. The van der Waals surface area contributed by atoms with Crippen LogP contribution in [0.2, 0.25) is 0 Å². The highest BCUT2D eigenvalue weighted by atomic mass is 32.2. The van der Waals surface area contributed by atoms with Crippen LogP contribution in [0.1, 0.15) is 24.7 Å². The number of carbonyl (C=O) groups is 2. The van der Waals surface area contributed by atoms with Crippen molar-refractivity contribution in [2.24, 2.45) is 0 Å². The largest absolute Gasteiger partial charge is 0.477 e. The first-order valence-corrected chi connectivity index (χ1v) is 7.72. The Hall–Kier alpha value is -2.27. The number of aliphatic carboxylic acids is 1. The molecule has 1 atom stereocenters. The van der Waals surface area contributed by atoms with Gasteiger partial charge in [0.25, 0.3) is 0 Å². The van der Waals surface area contributed by atoms with E-state index in [0.29, 0.717) is 19.4 Å². The number of carbonyl (C=O) groups excluding carboxylic acids is 1. The Morgan fingerprint density at radius 1 is 1.64 bits per heavy atom. The molecule has 1 aliphatic rings. The quantitative estimate of drug-likeness (QED) is 0.627. The summed E-state index contributed by atoms with van der Waals surface area (Å²) >= 11 is 1.15. The molecule has 8 heteroatoms. The number of nitrogens with one attached hydrogen (secondary N) is 1. The summed E-state index contributed by atoms with van der Waals surface area (Å²) in [5, 5.41) is 18.0. The van der Waals surface area contributed by atoms with Gasteiger partial charge >= 0.3 is 5.97 Å². The molecule has 1 unspecified atom stereocenters. The summed E-state index contributed by atoms with van der Waals surface area (Å²) in [5.41, 5.74) is 1.48. The van der Waals surface area contributed by atoms with Crippen LogP contribution < -0.4 is 0 Å². The number of H-pyrrole nitrogens is 1. The van der Waals surface area contributed by atoms with Crippen molar-refractivity contribution in [2.75, 3.05) is 6.54 Å². The fourth-order valence-corrected chi connectivity index (χ4v) is 3.62. The third-order valence-corrected chi connectivity index (χ3v) is 4.84. The van der Waals surface area contributed by atoms with Crippen LogP contribution in [0.3, 0.4) is 0 Å². The number of aromatic nitrogens is 2. The van der Waals surface area contributed by atoms with Crippen molar-refractivity contribution in [3.05, 3.63) is 28.3 Å². The smallest absolute Gasteiger partial charge is 0.349 e. The molecule has 1 aromatic rings. The third kappa shape index (κ3) is 2.99. The zero-order valence-electron chi connectivity index (χ0n) is 12.3. The highest BCUT2D eigenvalue weighted by Gasteiger charge is 2.38. The van der Waals surface area contributed by atoms with Crippen LogP contribution in [-0.4, -0.2) is 43.6 Å². The lowest BCUT2D eigenvalue weighted by atomic mass is 10.1. The van der Waals surface area contributed by atoms with E-state index in [1.807, 2.05) is 6.92 Å². The molecule has 1 aliphatic heterocycles. The van der Waals surface area contributed by atoms with Crippen molar-refractivity contribution >= 4 is 23.6 Å². The number of rotatable bonds is 5. The average molecular weight is 320 g/mol. The number of thioether (sulfide) groups is 1. The molecule has 0 spiro atoms. The van der Waals surface area contributed by atoms with Crippen LogP contribution in [-0.2, 0) is 16.0 Å². The lowest BCUT2D eigenvalue weighted by Gasteiger charge is -2.14. The summed E-state index contributed by atoms with van der Waals surface area (Å²) in [6, 6.07) is 1.68. The number of imidazole rings is 1. The fourth-order valence-electron chi connectivity index (χ4n) is 2.29. The van der Waals surface area contributed by atoms with Crippen molar-refractivity contribution in [2.45, 2.75) is 31.9 Å². The first-order chi connectivity index (χ1) is 10.5. The van der Waals surface area contributed by atoms with Crippen LogP contribution in [0.5, 0.6) is 0 Å². The molecule has 0 bridgehead atoms. The van der Waals surface area contributed by atoms with E-state index in [1.54, 1.807) is 19.3 Å². The minimum atomic E-state index is -1.31. The Bertz CT molecular complexity index is 674. The Balaban J connectivity index is 2.19. The van der Waals surface area contributed by atoms with E-state index in [4.69, 9.17) is 10.4 Å². The summed E-state index contributed by atoms with van der Waals surface area (Å²) in [7, 11) is 0. The number of nitriles is 1. The number of hydrogen-bond acceptors (Lipinski definition) is 5. The van der Waals surface area contributed by atoms with Crippen molar-refractivity contribution in [1.82, 2.24) is 14.9 Å². The van der Waals surface area contributed by atoms with Gasteiger partial charge in [-0.1, -0.05) is 11.8 Å². The maximum atomic E-state index is 12.4. The number of amides is 1. The molecule has 2 heterocycles. The molecule has 0 radical (unpaired) electrons. The van der Waals surface area contributed by atoms with Crippen LogP contribution >= 0.6 is 11.8 Å². The topological polar surface area (TPSA) is 110 Å². The number of hydrogen-bond donors (Lipinski definition) is 2. The molecular formula is C14H16N4O3S. The molecule has 2 rings (SSSR count). The number of carboxylic acids is 1. The molecule has 7 nitrogen and oxygen atoms in total. The molecule has 1 aromatic heterocycles. The predicted molar refractivity (Wildman–Crippen MR) is 80.7 cm³/mol. The van der Waals surface area contributed by atoms with Gasteiger partial charge in [0.1, 0.15) is 11.1 Å². The third-order valence-electron chi connectivity index (χ3n) is 3.47. The van der Waals surface area contributed by atoms with E-state index in [1.165, 1.54) is 4.90 Å². The van der Waals surface area contributed by atoms with Gasteiger partial charge in [0.15, 0.2) is 5.57 Å². The molecule has 1 amide bonds. The van der Waals surface area contributed by atoms with Crippen LogP contribution in [0, 0.1) is 18.3 Å². The van der Waals surface area contributed by atoms with Gasteiger partial charge in [0.05, 0.1) is 17.3 Å². The lowest BCUT2D eigenvalue weighted by molar-refractivity contribution is -0.132. The number of aromatic amines is 1. The molecule has 0 saturated carbocycles. The summed E-state index contributed by atoms with van der Waals surface area (Å²) in [4.78, 5) is 32.1. The van der Waals surface area contributed by atoms with E-state index in [2.05, 4.69) is 9.97 Å². The monoisotopic (exact) mass is 320 g/mol. The van der Waals surface area contributed by atoms with E-state index in [9.17, 15) is 9.59 Å². The second-order valence-corrected chi connectivity index (χ2v) is 5.99. The van der Waals surface area contributed by atoms with E-state index < -0.39 is 5.97 Å². The van der Waals surface area contributed by atoms with E-state index >= 15 is 0 Å². The molecule has 22 heavy (non-hydrogen) atoms. The lowest BCUT2D eigenvalue weighted by Crippen LogP contribution is -2.29. The second-order valence-electron chi connectivity index (χ2n) is 4.80. The highest BCUT2D eigenvalue weighted by Crippen LogP contribution is 2.39. The maximum absolute atomic E-state index is 12.4. The van der Waals surface area contributed by atoms with Crippen molar-refractivity contribution in [3.8, 4) is 6.07 Å². The highest BCUT2D eigenvalue weighted by molar-refractivity contribution is 8.04. The van der Waals surface area contributed by atoms with Crippen LogP contribution in [0.15, 0.2) is 16.9 Å².